The zero-order valence-corrected chi connectivity index (χ0v) is 9.93. The molecule has 0 aliphatic heterocycles. The van der Waals surface area contributed by atoms with Gasteiger partial charge in [0.15, 0.2) is 0 Å². The van der Waals surface area contributed by atoms with E-state index in [-0.39, 0.29) is 11.2 Å². The Kier molecular flexibility index (Phi) is 2.71. The van der Waals surface area contributed by atoms with E-state index in [4.69, 9.17) is 0 Å². The number of hydrogen-bond donors (Lipinski definition) is 0. The van der Waals surface area contributed by atoms with Gasteiger partial charge in [-0.3, -0.25) is 13.9 Å². The molecular weight excluding hydrogens is 216 g/mol. The average Bonchev–Trinajstić information content (AvgIpc) is 2.34. The molecule has 1 aromatic carbocycles. The van der Waals surface area contributed by atoms with Crippen LogP contribution in [0, 0.1) is 0 Å². The number of allylic oxidation sites excluding steroid dienone is 1. The van der Waals surface area contributed by atoms with Gasteiger partial charge in [-0.05, 0) is 18.1 Å². The summed E-state index contributed by atoms with van der Waals surface area (Å²) in [6.07, 6.45) is 2.37. The maximum absolute atomic E-state index is 12.1. The molecule has 0 radical (unpaired) electrons. The molecule has 2 rings (SSSR count). The van der Waals surface area contributed by atoms with Crippen molar-refractivity contribution in [2.45, 2.75) is 6.42 Å². The summed E-state index contributed by atoms with van der Waals surface area (Å²) >= 11 is 0. The number of fused-ring (bicyclic) bond motifs is 1. The Labute approximate surface area is 98.4 Å². The van der Waals surface area contributed by atoms with Gasteiger partial charge >= 0.3 is 5.69 Å². The molecule has 4 heteroatoms. The van der Waals surface area contributed by atoms with Crippen LogP contribution in [0.1, 0.15) is 5.56 Å². The number of rotatable bonds is 2. The minimum absolute atomic E-state index is 0.249. The monoisotopic (exact) mass is 230 g/mol. The van der Waals surface area contributed by atoms with Crippen LogP contribution in [0.5, 0.6) is 0 Å². The molecule has 0 saturated carbocycles. The molecule has 17 heavy (non-hydrogen) atoms. The second-order valence-electron chi connectivity index (χ2n) is 4.01. The van der Waals surface area contributed by atoms with Crippen LogP contribution in [0.15, 0.2) is 40.4 Å². The minimum atomic E-state index is -0.307. The predicted molar refractivity (Wildman–Crippen MR) is 68.3 cm³/mol. The van der Waals surface area contributed by atoms with Gasteiger partial charge in [-0.15, -0.1) is 6.58 Å². The van der Waals surface area contributed by atoms with Crippen molar-refractivity contribution in [1.82, 2.24) is 9.13 Å². The first-order valence-electron chi connectivity index (χ1n) is 5.36. The van der Waals surface area contributed by atoms with Crippen molar-refractivity contribution in [3.63, 3.8) is 0 Å². The Balaban J connectivity index is 3.06. The number of nitrogens with zero attached hydrogens (tertiary/aromatic N) is 2. The topological polar surface area (TPSA) is 44.0 Å². The molecule has 0 aliphatic carbocycles. The Morgan fingerprint density at radius 1 is 1.24 bits per heavy atom. The van der Waals surface area contributed by atoms with Gasteiger partial charge in [0.05, 0.1) is 10.9 Å². The van der Waals surface area contributed by atoms with E-state index in [1.54, 1.807) is 19.2 Å². The third-order valence-corrected chi connectivity index (χ3v) is 2.95. The van der Waals surface area contributed by atoms with Crippen LogP contribution in [-0.4, -0.2) is 9.13 Å². The number of aromatic nitrogens is 2. The summed E-state index contributed by atoms with van der Waals surface area (Å²) in [4.78, 5) is 23.9. The smallest absolute Gasteiger partial charge is 0.296 e. The van der Waals surface area contributed by atoms with Crippen LogP contribution in [0.2, 0.25) is 0 Å². The highest BCUT2D eigenvalue weighted by molar-refractivity contribution is 5.81. The SMILES string of the molecule is C=CCc1cccc2c1c(=O)n(C)c(=O)n2C. The number of aryl methyl sites for hydroxylation is 1. The predicted octanol–water partition coefficient (Wildman–Crippen LogP) is 0.966. The largest absolute Gasteiger partial charge is 0.330 e. The molecule has 1 aromatic heterocycles. The molecule has 0 unspecified atom stereocenters. The summed E-state index contributed by atoms with van der Waals surface area (Å²) in [7, 11) is 3.16. The molecule has 0 bridgehead atoms. The molecule has 88 valence electrons. The highest BCUT2D eigenvalue weighted by Crippen LogP contribution is 2.13. The first-order chi connectivity index (χ1) is 8.07. The van der Waals surface area contributed by atoms with Crippen LogP contribution >= 0.6 is 0 Å². The van der Waals surface area contributed by atoms with E-state index in [0.717, 1.165) is 10.1 Å². The third-order valence-electron chi connectivity index (χ3n) is 2.95. The molecular formula is C13H14N2O2. The summed E-state index contributed by atoms with van der Waals surface area (Å²) in [5.41, 5.74) is 1.00. The minimum Gasteiger partial charge on any atom is -0.296 e. The fourth-order valence-electron chi connectivity index (χ4n) is 2.02. The normalized spacial score (nSPS) is 10.7. The van der Waals surface area contributed by atoms with Crippen molar-refractivity contribution in [3.05, 3.63) is 57.3 Å². The molecule has 4 nitrogen and oxygen atoms in total. The Morgan fingerprint density at radius 3 is 2.59 bits per heavy atom. The second-order valence-corrected chi connectivity index (χ2v) is 4.01. The van der Waals surface area contributed by atoms with Crippen LogP contribution in [0.3, 0.4) is 0 Å². The van der Waals surface area contributed by atoms with Gasteiger partial charge in [0.2, 0.25) is 0 Å². The fraction of sp³-hybridized carbons (Fsp3) is 0.231. The van der Waals surface area contributed by atoms with Gasteiger partial charge in [-0.1, -0.05) is 18.2 Å². The first kappa shape index (κ1) is 11.4. The lowest BCUT2D eigenvalue weighted by Gasteiger charge is -2.09. The van der Waals surface area contributed by atoms with Crippen LogP contribution in [0.25, 0.3) is 10.9 Å². The molecule has 0 aliphatic rings. The van der Waals surface area contributed by atoms with Crippen molar-refractivity contribution >= 4 is 10.9 Å². The highest BCUT2D eigenvalue weighted by atomic mass is 16.2. The lowest BCUT2D eigenvalue weighted by Crippen LogP contribution is -2.37. The van der Waals surface area contributed by atoms with Gasteiger partial charge in [0.25, 0.3) is 5.56 Å². The quantitative estimate of drug-likeness (QED) is 0.721. The van der Waals surface area contributed by atoms with Crippen LogP contribution in [-0.2, 0) is 20.5 Å². The van der Waals surface area contributed by atoms with Gasteiger partial charge in [0, 0.05) is 14.1 Å². The zero-order chi connectivity index (χ0) is 12.6. The molecule has 2 aromatic rings. The standard InChI is InChI=1S/C13H14N2O2/c1-4-6-9-7-5-8-10-11(9)12(16)15(3)13(17)14(10)2/h4-5,7-8H,1,6H2,2-3H3. The molecule has 0 N–H and O–H groups in total. The molecule has 0 atom stereocenters. The summed E-state index contributed by atoms with van der Waals surface area (Å²) in [5.74, 6) is 0. The van der Waals surface area contributed by atoms with Crippen LogP contribution in [0.4, 0.5) is 0 Å². The van der Waals surface area contributed by atoms with E-state index in [1.807, 2.05) is 12.1 Å². The second kappa shape index (κ2) is 4.05. The van der Waals surface area contributed by atoms with E-state index in [2.05, 4.69) is 6.58 Å². The van der Waals surface area contributed by atoms with Gasteiger partial charge in [-0.2, -0.15) is 0 Å². The van der Waals surface area contributed by atoms with Crippen molar-refractivity contribution < 1.29 is 0 Å². The van der Waals surface area contributed by atoms with Crippen LogP contribution < -0.4 is 11.2 Å². The molecule has 0 amide bonds. The van der Waals surface area contributed by atoms with E-state index in [1.165, 1.54) is 11.6 Å². The maximum Gasteiger partial charge on any atom is 0.330 e. The van der Waals surface area contributed by atoms with Crippen molar-refractivity contribution in [2.75, 3.05) is 0 Å². The summed E-state index contributed by atoms with van der Waals surface area (Å²) in [6.45, 7) is 3.68. The summed E-state index contributed by atoms with van der Waals surface area (Å²) in [6, 6.07) is 5.51. The van der Waals surface area contributed by atoms with Gasteiger partial charge in [0.1, 0.15) is 0 Å². The number of benzene rings is 1. The van der Waals surface area contributed by atoms with E-state index < -0.39 is 0 Å². The molecule has 0 saturated heterocycles. The van der Waals surface area contributed by atoms with Crippen molar-refractivity contribution in [3.8, 4) is 0 Å². The lowest BCUT2D eigenvalue weighted by atomic mass is 10.1. The summed E-state index contributed by atoms with van der Waals surface area (Å²) in [5, 5.41) is 0.594. The first-order valence-corrected chi connectivity index (χ1v) is 5.36. The van der Waals surface area contributed by atoms with E-state index in [0.29, 0.717) is 17.3 Å². The van der Waals surface area contributed by atoms with E-state index >= 15 is 0 Å². The van der Waals surface area contributed by atoms with Gasteiger partial charge in [-0.25, -0.2) is 4.79 Å². The molecule has 0 fully saturated rings. The van der Waals surface area contributed by atoms with E-state index in [9.17, 15) is 9.59 Å². The average molecular weight is 230 g/mol. The molecule has 1 heterocycles. The van der Waals surface area contributed by atoms with Gasteiger partial charge < -0.3 is 0 Å². The lowest BCUT2D eigenvalue weighted by molar-refractivity contribution is 0.713. The molecule has 0 spiro atoms. The van der Waals surface area contributed by atoms with Crippen molar-refractivity contribution in [1.29, 1.82) is 0 Å². The highest BCUT2D eigenvalue weighted by Gasteiger charge is 2.10. The fourth-order valence-corrected chi connectivity index (χ4v) is 2.02. The van der Waals surface area contributed by atoms with Crippen molar-refractivity contribution in [2.24, 2.45) is 14.1 Å². The third kappa shape index (κ3) is 1.62. The zero-order valence-electron chi connectivity index (χ0n) is 9.93. The summed E-state index contributed by atoms with van der Waals surface area (Å²) < 4.78 is 2.62. The Bertz CT molecular complexity index is 708. The number of hydrogen-bond acceptors (Lipinski definition) is 2. The Morgan fingerprint density at radius 2 is 1.94 bits per heavy atom. The maximum atomic E-state index is 12.1. The Hall–Kier alpha value is -2.10.